The van der Waals surface area contributed by atoms with Crippen LogP contribution >= 0.6 is 0 Å². The molecule has 2 aromatic carbocycles. The molecule has 0 fully saturated rings. The summed E-state index contributed by atoms with van der Waals surface area (Å²) in [7, 11) is 0. The SMILES string of the molecule is CCOc1cccc2c1ccn2Cc1cccc(N)c1F. The Bertz CT molecular complexity index is 780. The van der Waals surface area contributed by atoms with E-state index >= 15 is 0 Å². The minimum Gasteiger partial charge on any atom is -0.493 e. The molecular weight excluding hydrogens is 267 g/mol. The van der Waals surface area contributed by atoms with Gasteiger partial charge in [0.15, 0.2) is 5.82 Å². The molecule has 0 aliphatic heterocycles. The van der Waals surface area contributed by atoms with Gasteiger partial charge in [-0.05, 0) is 31.2 Å². The van der Waals surface area contributed by atoms with E-state index < -0.39 is 0 Å². The molecule has 3 aromatic rings. The number of hydrogen-bond acceptors (Lipinski definition) is 2. The van der Waals surface area contributed by atoms with Crippen LogP contribution in [0.1, 0.15) is 12.5 Å². The summed E-state index contributed by atoms with van der Waals surface area (Å²) >= 11 is 0. The fourth-order valence-electron chi connectivity index (χ4n) is 2.52. The third kappa shape index (κ3) is 2.44. The van der Waals surface area contributed by atoms with Crippen LogP contribution < -0.4 is 10.5 Å². The van der Waals surface area contributed by atoms with Gasteiger partial charge < -0.3 is 15.0 Å². The van der Waals surface area contributed by atoms with Crippen LogP contribution in [0, 0.1) is 5.82 Å². The van der Waals surface area contributed by atoms with Gasteiger partial charge in [0.1, 0.15) is 5.75 Å². The lowest BCUT2D eigenvalue weighted by Crippen LogP contribution is -2.03. The molecule has 0 saturated carbocycles. The van der Waals surface area contributed by atoms with E-state index in [1.807, 2.05) is 42.0 Å². The van der Waals surface area contributed by atoms with E-state index in [0.717, 1.165) is 16.7 Å². The molecular formula is C17H17FN2O. The largest absolute Gasteiger partial charge is 0.493 e. The molecule has 2 N–H and O–H groups in total. The average molecular weight is 284 g/mol. The molecule has 0 aliphatic rings. The van der Waals surface area contributed by atoms with E-state index in [1.54, 1.807) is 18.2 Å². The topological polar surface area (TPSA) is 40.2 Å². The summed E-state index contributed by atoms with van der Waals surface area (Å²) in [5, 5.41) is 1.03. The van der Waals surface area contributed by atoms with Crippen LogP contribution in [-0.4, -0.2) is 11.2 Å². The van der Waals surface area contributed by atoms with Crippen LogP contribution in [0.3, 0.4) is 0 Å². The van der Waals surface area contributed by atoms with Crippen molar-refractivity contribution in [2.75, 3.05) is 12.3 Å². The number of benzene rings is 2. The second kappa shape index (κ2) is 5.48. The summed E-state index contributed by atoms with van der Waals surface area (Å²) in [6, 6.07) is 13.0. The molecule has 0 unspecified atom stereocenters. The Hall–Kier alpha value is -2.49. The summed E-state index contributed by atoms with van der Waals surface area (Å²) in [5.74, 6) is 0.502. The van der Waals surface area contributed by atoms with E-state index in [1.165, 1.54) is 0 Å². The van der Waals surface area contributed by atoms with Crippen molar-refractivity contribution < 1.29 is 9.13 Å². The number of rotatable bonds is 4. The number of ether oxygens (including phenoxy) is 1. The maximum absolute atomic E-state index is 14.0. The average Bonchev–Trinajstić information content (AvgIpc) is 2.89. The van der Waals surface area contributed by atoms with Gasteiger partial charge in [0.25, 0.3) is 0 Å². The van der Waals surface area contributed by atoms with Crippen LogP contribution in [0.4, 0.5) is 10.1 Å². The van der Waals surface area contributed by atoms with Crippen molar-refractivity contribution in [1.29, 1.82) is 0 Å². The van der Waals surface area contributed by atoms with Gasteiger partial charge in [-0.15, -0.1) is 0 Å². The van der Waals surface area contributed by atoms with E-state index in [0.29, 0.717) is 18.7 Å². The van der Waals surface area contributed by atoms with Gasteiger partial charge in [-0.3, -0.25) is 0 Å². The predicted molar refractivity (Wildman–Crippen MR) is 83.0 cm³/mol. The van der Waals surface area contributed by atoms with Crippen molar-refractivity contribution >= 4 is 16.6 Å². The number of nitrogens with zero attached hydrogens (tertiary/aromatic N) is 1. The van der Waals surface area contributed by atoms with Crippen LogP contribution in [0.15, 0.2) is 48.7 Å². The Labute approximate surface area is 122 Å². The molecule has 21 heavy (non-hydrogen) atoms. The zero-order valence-corrected chi connectivity index (χ0v) is 11.8. The van der Waals surface area contributed by atoms with Crippen molar-refractivity contribution in [3.8, 4) is 5.75 Å². The number of fused-ring (bicyclic) bond motifs is 1. The molecule has 0 saturated heterocycles. The van der Waals surface area contributed by atoms with Crippen LogP contribution in [0.5, 0.6) is 5.75 Å². The Morgan fingerprint density at radius 2 is 1.95 bits per heavy atom. The molecule has 0 amide bonds. The minimum atomic E-state index is -0.347. The highest BCUT2D eigenvalue weighted by Crippen LogP contribution is 2.27. The van der Waals surface area contributed by atoms with Crippen molar-refractivity contribution in [1.82, 2.24) is 4.57 Å². The molecule has 1 heterocycles. The Kier molecular flexibility index (Phi) is 3.52. The summed E-state index contributed by atoms with van der Waals surface area (Å²) in [4.78, 5) is 0. The van der Waals surface area contributed by atoms with Gasteiger partial charge in [0.2, 0.25) is 0 Å². The summed E-state index contributed by atoms with van der Waals surface area (Å²) in [5.41, 5.74) is 7.40. The van der Waals surface area contributed by atoms with Crippen LogP contribution in [0.2, 0.25) is 0 Å². The maximum Gasteiger partial charge on any atom is 0.151 e. The molecule has 0 radical (unpaired) electrons. The predicted octanol–water partition coefficient (Wildman–Crippen LogP) is 3.81. The van der Waals surface area contributed by atoms with E-state index in [2.05, 4.69) is 0 Å². The minimum absolute atomic E-state index is 0.180. The smallest absolute Gasteiger partial charge is 0.151 e. The van der Waals surface area contributed by atoms with Gasteiger partial charge in [-0.25, -0.2) is 4.39 Å². The van der Waals surface area contributed by atoms with Gasteiger partial charge >= 0.3 is 0 Å². The van der Waals surface area contributed by atoms with Gasteiger partial charge in [-0.1, -0.05) is 18.2 Å². The molecule has 0 bridgehead atoms. The van der Waals surface area contributed by atoms with Gasteiger partial charge in [0, 0.05) is 17.1 Å². The molecule has 0 aliphatic carbocycles. The van der Waals surface area contributed by atoms with E-state index in [4.69, 9.17) is 10.5 Å². The quantitative estimate of drug-likeness (QED) is 0.740. The molecule has 108 valence electrons. The van der Waals surface area contributed by atoms with Gasteiger partial charge in [0.05, 0.1) is 24.4 Å². The third-order valence-electron chi connectivity index (χ3n) is 3.52. The summed E-state index contributed by atoms with van der Waals surface area (Å²) < 4.78 is 21.6. The van der Waals surface area contributed by atoms with Crippen molar-refractivity contribution in [2.24, 2.45) is 0 Å². The number of aromatic nitrogens is 1. The first kappa shape index (κ1) is 13.5. The number of anilines is 1. The normalized spacial score (nSPS) is 11.0. The first-order chi connectivity index (χ1) is 10.2. The molecule has 0 spiro atoms. The highest BCUT2D eigenvalue weighted by molar-refractivity contribution is 5.86. The first-order valence-electron chi connectivity index (χ1n) is 6.94. The maximum atomic E-state index is 14.0. The van der Waals surface area contributed by atoms with Crippen LogP contribution in [-0.2, 0) is 6.54 Å². The second-order valence-corrected chi connectivity index (χ2v) is 4.89. The zero-order valence-electron chi connectivity index (χ0n) is 11.8. The molecule has 1 aromatic heterocycles. The Morgan fingerprint density at radius 3 is 2.76 bits per heavy atom. The number of halogens is 1. The lowest BCUT2D eigenvalue weighted by molar-refractivity contribution is 0.344. The van der Waals surface area contributed by atoms with E-state index in [-0.39, 0.29) is 11.5 Å². The number of nitrogen functional groups attached to an aromatic ring is 1. The second-order valence-electron chi connectivity index (χ2n) is 4.89. The molecule has 0 atom stereocenters. The lowest BCUT2D eigenvalue weighted by atomic mass is 10.2. The first-order valence-corrected chi connectivity index (χ1v) is 6.94. The van der Waals surface area contributed by atoms with Crippen molar-refractivity contribution in [2.45, 2.75) is 13.5 Å². The summed E-state index contributed by atoms with van der Waals surface area (Å²) in [6.07, 6.45) is 1.94. The van der Waals surface area contributed by atoms with Crippen molar-refractivity contribution in [3.05, 3.63) is 60.0 Å². The third-order valence-corrected chi connectivity index (χ3v) is 3.52. The fraction of sp³-hybridized carbons (Fsp3) is 0.176. The zero-order chi connectivity index (χ0) is 14.8. The number of nitrogens with two attached hydrogens (primary N) is 1. The van der Waals surface area contributed by atoms with Crippen LogP contribution in [0.25, 0.3) is 10.9 Å². The monoisotopic (exact) mass is 284 g/mol. The highest BCUT2D eigenvalue weighted by atomic mass is 19.1. The Balaban J connectivity index is 2.02. The number of hydrogen-bond donors (Lipinski definition) is 1. The Morgan fingerprint density at radius 1 is 1.14 bits per heavy atom. The molecule has 3 rings (SSSR count). The highest BCUT2D eigenvalue weighted by Gasteiger charge is 2.10. The van der Waals surface area contributed by atoms with Gasteiger partial charge in [-0.2, -0.15) is 0 Å². The van der Waals surface area contributed by atoms with Crippen molar-refractivity contribution in [3.63, 3.8) is 0 Å². The van der Waals surface area contributed by atoms with E-state index in [9.17, 15) is 4.39 Å². The molecule has 3 nitrogen and oxygen atoms in total. The lowest BCUT2D eigenvalue weighted by Gasteiger charge is -2.09. The standard InChI is InChI=1S/C17H17FN2O/c1-2-21-16-8-4-7-15-13(16)9-10-20(15)11-12-5-3-6-14(19)17(12)18/h3-10H,2,11,19H2,1H3. The fourth-order valence-corrected chi connectivity index (χ4v) is 2.52. The summed E-state index contributed by atoms with van der Waals surface area (Å²) in [6.45, 7) is 3.02. The molecule has 4 heteroatoms.